The zero-order chi connectivity index (χ0) is 32.5. The maximum Gasteiger partial charge on any atom is 0.0540 e. The molecule has 0 saturated heterocycles. The molecule has 0 atom stereocenters. The second-order valence-corrected chi connectivity index (χ2v) is 12.1. The topological polar surface area (TPSA) is 8.17 Å². The lowest BCUT2D eigenvalue weighted by molar-refractivity contribution is 1.05. The second-order valence-electron chi connectivity index (χ2n) is 12.1. The van der Waals surface area contributed by atoms with E-state index >= 15 is 0 Å². The summed E-state index contributed by atoms with van der Waals surface area (Å²) in [7, 11) is 0. The van der Waals surface area contributed by atoms with E-state index in [0.29, 0.717) is 0 Å². The lowest BCUT2D eigenvalue weighted by Crippen LogP contribution is -2.12. The lowest BCUT2D eigenvalue weighted by Gasteiger charge is -2.29. The average Bonchev–Trinajstić information content (AvgIpc) is 3.44. The third kappa shape index (κ3) is 5.09. The minimum absolute atomic E-state index is 1.11. The van der Waals surface area contributed by atoms with Crippen LogP contribution >= 0.6 is 0 Å². The number of hydrogen-bond donors (Lipinski definition) is 0. The molecule has 0 N–H and O–H groups in total. The van der Waals surface area contributed by atoms with E-state index < -0.39 is 0 Å². The molecule has 0 saturated carbocycles. The molecular weight excluding hydrogens is 581 g/mol. The van der Waals surface area contributed by atoms with E-state index in [1.54, 1.807) is 0 Å². The van der Waals surface area contributed by atoms with Crippen LogP contribution < -0.4 is 4.90 Å². The highest BCUT2D eigenvalue weighted by molar-refractivity contribution is 6.03. The van der Waals surface area contributed by atoms with Crippen LogP contribution in [-0.4, -0.2) is 4.57 Å². The highest BCUT2D eigenvalue weighted by Gasteiger charge is 2.22. The highest BCUT2D eigenvalue weighted by atomic mass is 15.1. The summed E-state index contributed by atoms with van der Waals surface area (Å²) >= 11 is 0. The molecule has 0 aliphatic rings. The van der Waals surface area contributed by atoms with Gasteiger partial charge in [-0.15, -0.1) is 0 Å². The van der Waals surface area contributed by atoms with Crippen LogP contribution in [0.15, 0.2) is 182 Å². The summed E-state index contributed by atoms with van der Waals surface area (Å²) in [5.41, 5.74) is 13.0. The van der Waals surface area contributed by atoms with Crippen molar-refractivity contribution in [1.29, 1.82) is 0 Å². The first-order valence-corrected chi connectivity index (χ1v) is 16.6. The van der Waals surface area contributed by atoms with Crippen LogP contribution in [-0.2, 0) is 0 Å². The minimum atomic E-state index is 1.11. The number of aromatic nitrogens is 1. The van der Waals surface area contributed by atoms with E-state index in [2.05, 4.69) is 205 Å². The Labute approximate surface area is 282 Å². The molecule has 2 nitrogen and oxygen atoms in total. The number of para-hydroxylation sites is 3. The number of hydrogen-bond acceptors (Lipinski definition) is 1. The standard InChI is InChI=1S/C46H36N2/c1-3-39(46-33(2)47(37-23-8-5-9-24-37)45-30-15-13-28-42(45)46)36-22-16-25-38(32-36)48(44-31-17-21-35-20-10-11-26-41(35)44)43-29-14-12-27-40(43)34-18-6-4-7-19-34/h3-32H,1-2H3/b39-3-. The third-order valence-corrected chi connectivity index (χ3v) is 9.34. The monoisotopic (exact) mass is 616 g/mol. The molecule has 1 aromatic heterocycles. The molecule has 1 heterocycles. The van der Waals surface area contributed by atoms with Gasteiger partial charge < -0.3 is 9.47 Å². The molecule has 0 aliphatic carbocycles. The van der Waals surface area contributed by atoms with Gasteiger partial charge in [0.05, 0.1) is 16.9 Å². The van der Waals surface area contributed by atoms with E-state index in [1.165, 1.54) is 60.9 Å². The molecule has 0 bridgehead atoms. The van der Waals surface area contributed by atoms with Gasteiger partial charge in [0.2, 0.25) is 0 Å². The van der Waals surface area contributed by atoms with Crippen LogP contribution in [0.2, 0.25) is 0 Å². The van der Waals surface area contributed by atoms with E-state index in [1.807, 2.05) is 0 Å². The van der Waals surface area contributed by atoms with Crippen molar-refractivity contribution < 1.29 is 0 Å². The molecule has 230 valence electrons. The Balaban J connectivity index is 1.35. The van der Waals surface area contributed by atoms with Crippen molar-refractivity contribution in [3.05, 3.63) is 199 Å². The quantitative estimate of drug-likeness (QED) is 0.173. The van der Waals surface area contributed by atoms with Gasteiger partial charge in [-0.1, -0.05) is 140 Å². The van der Waals surface area contributed by atoms with Crippen molar-refractivity contribution in [1.82, 2.24) is 4.57 Å². The summed E-state index contributed by atoms with van der Waals surface area (Å²) in [5, 5.41) is 3.67. The fourth-order valence-electron chi connectivity index (χ4n) is 7.23. The lowest BCUT2D eigenvalue weighted by atomic mass is 9.94. The van der Waals surface area contributed by atoms with E-state index in [9.17, 15) is 0 Å². The van der Waals surface area contributed by atoms with Gasteiger partial charge in [-0.25, -0.2) is 0 Å². The summed E-state index contributed by atoms with van der Waals surface area (Å²) in [6, 6.07) is 63.2. The van der Waals surface area contributed by atoms with Gasteiger partial charge in [0.15, 0.2) is 0 Å². The van der Waals surface area contributed by atoms with Crippen molar-refractivity contribution in [2.24, 2.45) is 0 Å². The Morgan fingerprint density at radius 3 is 2.00 bits per heavy atom. The van der Waals surface area contributed by atoms with E-state index in [4.69, 9.17) is 0 Å². The Hall–Kier alpha value is -6.12. The Bertz CT molecular complexity index is 2410. The molecule has 48 heavy (non-hydrogen) atoms. The van der Waals surface area contributed by atoms with Crippen LogP contribution in [0.1, 0.15) is 23.7 Å². The molecule has 2 heteroatoms. The molecule has 8 aromatic rings. The molecule has 7 aromatic carbocycles. The molecule has 0 aliphatic heterocycles. The summed E-state index contributed by atoms with van der Waals surface area (Å²) in [4.78, 5) is 2.43. The summed E-state index contributed by atoms with van der Waals surface area (Å²) in [6.07, 6.45) is 2.27. The highest BCUT2D eigenvalue weighted by Crippen LogP contribution is 2.45. The van der Waals surface area contributed by atoms with Crippen LogP contribution in [0.3, 0.4) is 0 Å². The van der Waals surface area contributed by atoms with Gasteiger partial charge in [-0.2, -0.15) is 0 Å². The van der Waals surface area contributed by atoms with Gasteiger partial charge in [-0.05, 0) is 78.4 Å². The number of fused-ring (bicyclic) bond motifs is 2. The van der Waals surface area contributed by atoms with E-state index in [0.717, 1.165) is 17.1 Å². The molecule has 0 radical (unpaired) electrons. The minimum Gasteiger partial charge on any atom is -0.313 e. The van der Waals surface area contributed by atoms with Crippen LogP contribution in [0.4, 0.5) is 17.1 Å². The fraction of sp³-hybridized carbons (Fsp3) is 0.0435. The first-order chi connectivity index (χ1) is 23.7. The molecule has 0 amide bonds. The summed E-state index contributed by atoms with van der Waals surface area (Å²) < 4.78 is 2.39. The van der Waals surface area contributed by atoms with Gasteiger partial charge in [-0.3, -0.25) is 0 Å². The largest absolute Gasteiger partial charge is 0.313 e. The molecule has 0 unspecified atom stereocenters. The van der Waals surface area contributed by atoms with Gasteiger partial charge in [0.25, 0.3) is 0 Å². The van der Waals surface area contributed by atoms with Crippen molar-refractivity contribution in [3.8, 4) is 16.8 Å². The number of rotatable bonds is 7. The first-order valence-electron chi connectivity index (χ1n) is 16.6. The molecule has 8 rings (SSSR count). The summed E-state index contributed by atoms with van der Waals surface area (Å²) in [5.74, 6) is 0. The van der Waals surface area contributed by atoms with Crippen molar-refractivity contribution in [2.45, 2.75) is 13.8 Å². The average molecular weight is 617 g/mol. The van der Waals surface area contributed by atoms with Gasteiger partial charge >= 0.3 is 0 Å². The van der Waals surface area contributed by atoms with Crippen molar-refractivity contribution in [3.63, 3.8) is 0 Å². The van der Waals surface area contributed by atoms with E-state index in [-0.39, 0.29) is 0 Å². The zero-order valence-electron chi connectivity index (χ0n) is 27.2. The smallest absolute Gasteiger partial charge is 0.0540 e. The number of allylic oxidation sites excluding steroid dienone is 1. The predicted octanol–water partition coefficient (Wildman–Crippen LogP) is 12.7. The zero-order valence-corrected chi connectivity index (χ0v) is 27.2. The van der Waals surface area contributed by atoms with Crippen molar-refractivity contribution >= 4 is 44.3 Å². The summed E-state index contributed by atoms with van der Waals surface area (Å²) in [6.45, 7) is 4.40. The Morgan fingerprint density at radius 2 is 1.19 bits per heavy atom. The number of anilines is 3. The van der Waals surface area contributed by atoms with Crippen molar-refractivity contribution in [2.75, 3.05) is 4.90 Å². The number of benzene rings is 7. The Kier molecular flexibility index (Phi) is 7.68. The molecule has 0 fully saturated rings. The van der Waals surface area contributed by atoms with Crippen LogP contribution in [0.25, 0.3) is 44.1 Å². The molecule has 0 spiro atoms. The van der Waals surface area contributed by atoms with Gasteiger partial charge in [0, 0.05) is 39.0 Å². The van der Waals surface area contributed by atoms with Gasteiger partial charge in [0.1, 0.15) is 0 Å². The maximum atomic E-state index is 2.43. The van der Waals surface area contributed by atoms with Crippen LogP contribution in [0.5, 0.6) is 0 Å². The predicted molar refractivity (Wildman–Crippen MR) is 205 cm³/mol. The molecular formula is C46H36N2. The fourth-order valence-corrected chi connectivity index (χ4v) is 7.23. The first kappa shape index (κ1) is 29.3. The second kappa shape index (κ2) is 12.6. The third-order valence-electron chi connectivity index (χ3n) is 9.34. The Morgan fingerprint density at radius 1 is 0.562 bits per heavy atom. The maximum absolute atomic E-state index is 2.43. The normalized spacial score (nSPS) is 11.7. The van der Waals surface area contributed by atoms with Crippen LogP contribution in [0, 0.1) is 6.92 Å². The number of nitrogens with zero attached hydrogens (tertiary/aromatic N) is 2. The SMILES string of the molecule is C/C=C(/c1cccc(N(c2ccccc2-c2ccccc2)c2cccc3ccccc23)c1)c1c(C)n(-c2ccccc2)c2ccccc12.